The van der Waals surface area contributed by atoms with Gasteiger partial charge < -0.3 is 5.11 Å². The van der Waals surface area contributed by atoms with Crippen LogP contribution in [0.15, 0.2) is 0 Å². The first kappa shape index (κ1) is 10.2. The van der Waals surface area contributed by atoms with E-state index in [-0.39, 0.29) is 6.42 Å². The maximum Gasteiger partial charge on any atom is 0.303 e. The summed E-state index contributed by atoms with van der Waals surface area (Å²) in [6, 6.07) is 0. The zero-order chi connectivity index (χ0) is 9.84. The van der Waals surface area contributed by atoms with E-state index in [4.69, 9.17) is 5.11 Å². The minimum absolute atomic E-state index is 0.246. The van der Waals surface area contributed by atoms with Crippen LogP contribution in [0.2, 0.25) is 0 Å². The van der Waals surface area contributed by atoms with Gasteiger partial charge in [0, 0.05) is 11.3 Å². The van der Waals surface area contributed by atoms with E-state index in [1.165, 1.54) is 4.88 Å². The first-order valence-corrected chi connectivity index (χ1v) is 5.06. The number of aryl methyl sites for hydroxylation is 3. The molecule has 13 heavy (non-hydrogen) atoms. The molecule has 0 aliphatic heterocycles. The summed E-state index contributed by atoms with van der Waals surface area (Å²) in [6.45, 7) is 3.94. The molecular formula is C9H13NO2S. The summed E-state index contributed by atoms with van der Waals surface area (Å²) in [4.78, 5) is 15.8. The second-order valence-electron chi connectivity index (χ2n) is 2.99. The monoisotopic (exact) mass is 199 g/mol. The molecule has 0 spiro atoms. The quantitative estimate of drug-likeness (QED) is 0.808. The molecule has 3 nitrogen and oxygen atoms in total. The number of carboxylic acids is 1. The highest BCUT2D eigenvalue weighted by atomic mass is 32.1. The average Bonchev–Trinajstić information content (AvgIpc) is 2.29. The van der Waals surface area contributed by atoms with E-state index in [1.54, 1.807) is 11.3 Å². The molecule has 1 rings (SSSR count). The molecule has 1 heterocycles. The van der Waals surface area contributed by atoms with Gasteiger partial charge in [0.05, 0.1) is 10.7 Å². The van der Waals surface area contributed by atoms with Gasteiger partial charge in [0.15, 0.2) is 0 Å². The number of thiazole rings is 1. The molecule has 0 aliphatic carbocycles. The van der Waals surface area contributed by atoms with Crippen LogP contribution in [0.4, 0.5) is 0 Å². The van der Waals surface area contributed by atoms with E-state index in [0.717, 1.165) is 17.1 Å². The van der Waals surface area contributed by atoms with Crippen molar-refractivity contribution in [1.29, 1.82) is 0 Å². The lowest BCUT2D eigenvalue weighted by molar-refractivity contribution is -0.137. The van der Waals surface area contributed by atoms with Crippen molar-refractivity contribution in [3.63, 3.8) is 0 Å². The van der Waals surface area contributed by atoms with Crippen molar-refractivity contribution in [3.05, 3.63) is 15.6 Å². The Kier molecular flexibility index (Phi) is 3.42. The van der Waals surface area contributed by atoms with Crippen molar-refractivity contribution >= 4 is 17.3 Å². The molecule has 1 N–H and O–H groups in total. The lowest BCUT2D eigenvalue weighted by Crippen LogP contribution is -1.95. The van der Waals surface area contributed by atoms with E-state index >= 15 is 0 Å². The second-order valence-corrected chi connectivity index (χ2v) is 4.28. The summed E-state index contributed by atoms with van der Waals surface area (Å²) in [7, 11) is 0. The van der Waals surface area contributed by atoms with Gasteiger partial charge in [-0.15, -0.1) is 11.3 Å². The predicted octanol–water partition coefficient (Wildman–Crippen LogP) is 2.17. The number of hydrogen-bond acceptors (Lipinski definition) is 3. The Balaban J connectivity index is 2.45. The van der Waals surface area contributed by atoms with Crippen molar-refractivity contribution in [2.75, 3.05) is 0 Å². The molecule has 0 fully saturated rings. The van der Waals surface area contributed by atoms with Gasteiger partial charge in [-0.2, -0.15) is 0 Å². The fourth-order valence-electron chi connectivity index (χ4n) is 1.21. The zero-order valence-corrected chi connectivity index (χ0v) is 8.65. The third-order valence-electron chi connectivity index (χ3n) is 1.79. The summed E-state index contributed by atoms with van der Waals surface area (Å²) in [5.41, 5.74) is 1.05. The van der Waals surface area contributed by atoms with Crippen LogP contribution in [0.25, 0.3) is 0 Å². The summed E-state index contributed by atoms with van der Waals surface area (Å²) >= 11 is 1.66. The third-order valence-corrected chi connectivity index (χ3v) is 2.93. The highest BCUT2D eigenvalue weighted by Crippen LogP contribution is 2.19. The molecule has 0 radical (unpaired) electrons. The second kappa shape index (κ2) is 4.37. The molecular weight excluding hydrogens is 186 g/mol. The first-order valence-electron chi connectivity index (χ1n) is 4.24. The molecule has 1 aromatic heterocycles. The van der Waals surface area contributed by atoms with Crippen LogP contribution in [0.3, 0.4) is 0 Å². The van der Waals surface area contributed by atoms with Gasteiger partial charge in [-0.1, -0.05) is 0 Å². The predicted molar refractivity (Wildman–Crippen MR) is 52.2 cm³/mol. The standard InChI is InChI=1S/C9H13NO2S/c1-6-8(13-7(2)10-6)4-3-5-9(11)12/h3-5H2,1-2H3,(H,11,12). The Hall–Kier alpha value is -0.900. The fourth-order valence-corrected chi connectivity index (χ4v) is 2.18. The van der Waals surface area contributed by atoms with E-state index in [1.807, 2.05) is 13.8 Å². The summed E-state index contributed by atoms with van der Waals surface area (Å²) in [5, 5.41) is 9.51. The maximum atomic E-state index is 10.3. The molecule has 0 saturated heterocycles. The summed E-state index contributed by atoms with van der Waals surface area (Å²) < 4.78 is 0. The molecule has 0 bridgehead atoms. The van der Waals surface area contributed by atoms with Crippen molar-refractivity contribution in [2.45, 2.75) is 33.1 Å². The smallest absolute Gasteiger partial charge is 0.303 e. The Morgan fingerprint density at radius 3 is 2.69 bits per heavy atom. The minimum Gasteiger partial charge on any atom is -0.481 e. The van der Waals surface area contributed by atoms with Crippen LogP contribution < -0.4 is 0 Å². The Morgan fingerprint density at radius 2 is 2.23 bits per heavy atom. The van der Waals surface area contributed by atoms with Crippen LogP contribution in [0, 0.1) is 13.8 Å². The number of carbonyl (C=O) groups is 1. The minimum atomic E-state index is -0.723. The zero-order valence-electron chi connectivity index (χ0n) is 7.83. The Labute approximate surface area is 81.4 Å². The van der Waals surface area contributed by atoms with Gasteiger partial charge in [-0.25, -0.2) is 4.98 Å². The molecule has 4 heteroatoms. The van der Waals surface area contributed by atoms with Gasteiger partial charge in [0.2, 0.25) is 0 Å². The average molecular weight is 199 g/mol. The molecule has 0 aliphatic rings. The van der Waals surface area contributed by atoms with E-state index in [9.17, 15) is 4.79 Å². The van der Waals surface area contributed by atoms with Gasteiger partial charge in [-0.05, 0) is 26.7 Å². The Bertz CT molecular complexity index is 307. The first-order chi connectivity index (χ1) is 6.09. The van der Waals surface area contributed by atoms with Gasteiger partial charge in [0.1, 0.15) is 0 Å². The lowest BCUT2D eigenvalue weighted by atomic mass is 10.2. The van der Waals surface area contributed by atoms with E-state index in [2.05, 4.69) is 4.98 Å². The number of carboxylic acid groups (broad SMARTS) is 1. The van der Waals surface area contributed by atoms with E-state index < -0.39 is 5.97 Å². The lowest BCUT2D eigenvalue weighted by Gasteiger charge is -1.95. The molecule has 0 saturated carbocycles. The normalized spacial score (nSPS) is 10.3. The molecule has 0 amide bonds. The molecule has 72 valence electrons. The van der Waals surface area contributed by atoms with Gasteiger partial charge >= 0.3 is 5.97 Å². The molecule has 1 aromatic rings. The number of rotatable bonds is 4. The van der Waals surface area contributed by atoms with Crippen LogP contribution in [0.5, 0.6) is 0 Å². The molecule has 0 unspecified atom stereocenters. The largest absolute Gasteiger partial charge is 0.481 e. The van der Waals surface area contributed by atoms with Crippen LogP contribution in [0.1, 0.15) is 28.4 Å². The number of aromatic nitrogens is 1. The van der Waals surface area contributed by atoms with Crippen molar-refractivity contribution < 1.29 is 9.90 Å². The van der Waals surface area contributed by atoms with Crippen molar-refractivity contribution in [1.82, 2.24) is 4.98 Å². The molecule has 0 atom stereocenters. The number of aliphatic carboxylic acids is 1. The Morgan fingerprint density at radius 1 is 1.54 bits per heavy atom. The number of hydrogen-bond donors (Lipinski definition) is 1. The van der Waals surface area contributed by atoms with Crippen LogP contribution in [-0.4, -0.2) is 16.1 Å². The SMILES string of the molecule is Cc1nc(C)c(CCCC(=O)O)s1. The highest BCUT2D eigenvalue weighted by Gasteiger charge is 2.05. The fraction of sp³-hybridized carbons (Fsp3) is 0.556. The van der Waals surface area contributed by atoms with Gasteiger partial charge in [-0.3, -0.25) is 4.79 Å². The van der Waals surface area contributed by atoms with Gasteiger partial charge in [0.25, 0.3) is 0 Å². The topological polar surface area (TPSA) is 50.2 Å². The summed E-state index contributed by atoms with van der Waals surface area (Å²) in [6.07, 6.45) is 1.79. The van der Waals surface area contributed by atoms with Crippen LogP contribution >= 0.6 is 11.3 Å². The highest BCUT2D eigenvalue weighted by molar-refractivity contribution is 7.11. The van der Waals surface area contributed by atoms with E-state index in [0.29, 0.717) is 6.42 Å². The molecule has 0 aromatic carbocycles. The number of nitrogens with zero attached hydrogens (tertiary/aromatic N) is 1. The van der Waals surface area contributed by atoms with Crippen molar-refractivity contribution in [2.24, 2.45) is 0 Å². The van der Waals surface area contributed by atoms with Crippen LogP contribution in [-0.2, 0) is 11.2 Å². The van der Waals surface area contributed by atoms with Crippen molar-refractivity contribution in [3.8, 4) is 0 Å². The summed E-state index contributed by atoms with van der Waals surface area (Å²) in [5.74, 6) is -0.723. The third kappa shape index (κ3) is 3.14. The maximum absolute atomic E-state index is 10.3.